The second-order valence-electron chi connectivity index (χ2n) is 7.19. The predicted molar refractivity (Wildman–Crippen MR) is 110 cm³/mol. The van der Waals surface area contributed by atoms with E-state index in [0.717, 1.165) is 17.5 Å². The van der Waals surface area contributed by atoms with Crippen molar-refractivity contribution in [1.29, 1.82) is 0 Å². The van der Waals surface area contributed by atoms with Crippen LogP contribution in [0.4, 0.5) is 20.5 Å². The minimum Gasteiger partial charge on any atom is -0.372 e. The van der Waals surface area contributed by atoms with Gasteiger partial charge < -0.3 is 10.6 Å². The molecule has 2 N–H and O–H groups in total. The highest BCUT2D eigenvalue weighted by Crippen LogP contribution is 2.41. The Morgan fingerprint density at radius 3 is 2.59 bits per heavy atom. The minimum atomic E-state index is -0.933. The predicted octanol–water partition coefficient (Wildman–Crippen LogP) is 4.66. The Morgan fingerprint density at radius 1 is 1.10 bits per heavy atom. The van der Waals surface area contributed by atoms with Gasteiger partial charge in [0.15, 0.2) is 0 Å². The summed E-state index contributed by atoms with van der Waals surface area (Å²) in [5.41, 5.74) is 2.18. The summed E-state index contributed by atoms with van der Waals surface area (Å²) in [6.07, 6.45) is 3.59. The molecule has 1 aromatic carbocycles. The van der Waals surface area contributed by atoms with Crippen molar-refractivity contribution in [2.24, 2.45) is 5.92 Å². The standard InChI is InChI=1S/C22H23F2N5/c1-25-21-16(14-6-3-2-4-7-14)12-27-22(29-21)28-13-17(15-9-10-18(15)23)20-19(24)8-5-11-26-20/h2-8,11-12,15,17-18H,9-10,13H2,1H3,(H2,25,27,28,29)/t15?,17-,18-/m0/s1. The molecule has 5 nitrogen and oxygen atoms in total. The molecule has 0 radical (unpaired) electrons. The molecule has 4 rings (SSSR count). The molecule has 1 fully saturated rings. The summed E-state index contributed by atoms with van der Waals surface area (Å²) < 4.78 is 28.4. The van der Waals surface area contributed by atoms with Crippen LogP contribution in [0.15, 0.2) is 54.9 Å². The molecule has 7 heteroatoms. The number of nitrogens with zero attached hydrogens (tertiary/aromatic N) is 3. The zero-order valence-corrected chi connectivity index (χ0v) is 16.1. The highest BCUT2D eigenvalue weighted by molar-refractivity contribution is 5.75. The first kappa shape index (κ1) is 19.2. The monoisotopic (exact) mass is 395 g/mol. The van der Waals surface area contributed by atoms with Crippen molar-refractivity contribution >= 4 is 11.8 Å². The van der Waals surface area contributed by atoms with Crippen LogP contribution >= 0.6 is 0 Å². The minimum absolute atomic E-state index is 0.251. The molecule has 1 aliphatic rings. The fourth-order valence-electron chi connectivity index (χ4n) is 3.75. The van der Waals surface area contributed by atoms with Crippen LogP contribution in [0.25, 0.3) is 11.1 Å². The second kappa shape index (κ2) is 8.51. The Bertz CT molecular complexity index is 966. The zero-order valence-electron chi connectivity index (χ0n) is 16.1. The Balaban J connectivity index is 1.55. The molecule has 150 valence electrons. The maximum Gasteiger partial charge on any atom is 0.224 e. The summed E-state index contributed by atoms with van der Waals surface area (Å²) in [7, 11) is 1.80. The number of nitrogens with one attached hydrogen (secondary N) is 2. The molecule has 0 bridgehead atoms. The van der Waals surface area contributed by atoms with E-state index in [0.29, 0.717) is 30.4 Å². The molecule has 1 saturated carbocycles. The van der Waals surface area contributed by atoms with E-state index in [4.69, 9.17) is 0 Å². The van der Waals surface area contributed by atoms with Gasteiger partial charge in [-0.05, 0) is 30.5 Å². The third-order valence-corrected chi connectivity index (χ3v) is 5.49. The van der Waals surface area contributed by atoms with Crippen LogP contribution in [0.5, 0.6) is 0 Å². The quantitative estimate of drug-likeness (QED) is 0.609. The molecule has 0 aliphatic heterocycles. The van der Waals surface area contributed by atoms with Gasteiger partial charge in [0.1, 0.15) is 17.8 Å². The topological polar surface area (TPSA) is 62.7 Å². The first-order valence-corrected chi connectivity index (χ1v) is 9.76. The van der Waals surface area contributed by atoms with E-state index in [2.05, 4.69) is 25.6 Å². The van der Waals surface area contributed by atoms with Gasteiger partial charge in [-0.1, -0.05) is 30.3 Å². The summed E-state index contributed by atoms with van der Waals surface area (Å²) >= 11 is 0. The lowest BCUT2D eigenvalue weighted by Gasteiger charge is -2.37. The Kier molecular flexibility index (Phi) is 5.64. The number of benzene rings is 1. The number of hydrogen-bond donors (Lipinski definition) is 2. The number of hydrogen-bond acceptors (Lipinski definition) is 5. The highest BCUT2D eigenvalue weighted by atomic mass is 19.1. The van der Waals surface area contributed by atoms with Gasteiger partial charge in [0.2, 0.25) is 5.95 Å². The summed E-state index contributed by atoms with van der Waals surface area (Å²) in [4.78, 5) is 13.1. The van der Waals surface area contributed by atoms with Crippen LogP contribution in [0.2, 0.25) is 0 Å². The number of alkyl halides is 1. The van der Waals surface area contributed by atoms with Gasteiger partial charge in [-0.2, -0.15) is 4.98 Å². The average Bonchev–Trinajstić information content (AvgIpc) is 2.76. The Morgan fingerprint density at radius 2 is 1.93 bits per heavy atom. The van der Waals surface area contributed by atoms with Gasteiger partial charge in [0, 0.05) is 43.4 Å². The van der Waals surface area contributed by atoms with Crippen molar-refractivity contribution in [1.82, 2.24) is 15.0 Å². The lowest BCUT2D eigenvalue weighted by molar-refractivity contribution is 0.0894. The lowest BCUT2D eigenvalue weighted by Crippen LogP contribution is -2.37. The number of pyridine rings is 1. The van der Waals surface area contributed by atoms with Crippen LogP contribution in [0, 0.1) is 11.7 Å². The smallest absolute Gasteiger partial charge is 0.224 e. The van der Waals surface area contributed by atoms with Crippen molar-refractivity contribution in [3.8, 4) is 11.1 Å². The van der Waals surface area contributed by atoms with Crippen molar-refractivity contribution < 1.29 is 8.78 Å². The zero-order chi connectivity index (χ0) is 20.2. The van der Waals surface area contributed by atoms with Gasteiger partial charge in [-0.3, -0.25) is 4.98 Å². The SMILES string of the molecule is CNc1nc(NC[C@H](c2ncccc2F)C2CC[C@@H]2F)ncc1-c1ccccc1. The summed E-state index contributed by atoms with van der Waals surface area (Å²) in [5.74, 6) is 0.0516. The van der Waals surface area contributed by atoms with E-state index in [1.54, 1.807) is 25.5 Å². The van der Waals surface area contributed by atoms with Gasteiger partial charge in [-0.25, -0.2) is 13.8 Å². The molecule has 3 atom stereocenters. The van der Waals surface area contributed by atoms with Gasteiger partial charge in [0.25, 0.3) is 0 Å². The third-order valence-electron chi connectivity index (χ3n) is 5.49. The van der Waals surface area contributed by atoms with E-state index in [1.807, 2.05) is 30.3 Å². The molecule has 3 aromatic rings. The summed E-state index contributed by atoms with van der Waals surface area (Å²) in [6, 6.07) is 12.8. The normalized spacial score (nSPS) is 19.3. The number of aromatic nitrogens is 3. The molecule has 2 aromatic heterocycles. The first-order valence-electron chi connectivity index (χ1n) is 9.76. The second-order valence-corrected chi connectivity index (χ2v) is 7.19. The molecule has 0 spiro atoms. The van der Waals surface area contributed by atoms with Crippen molar-refractivity contribution in [3.63, 3.8) is 0 Å². The molecular weight excluding hydrogens is 372 g/mol. The highest BCUT2D eigenvalue weighted by Gasteiger charge is 2.39. The molecule has 0 amide bonds. The van der Waals surface area contributed by atoms with Gasteiger partial charge in [-0.15, -0.1) is 0 Å². The van der Waals surface area contributed by atoms with E-state index in [-0.39, 0.29) is 11.8 Å². The number of halogens is 2. The molecule has 2 heterocycles. The molecule has 29 heavy (non-hydrogen) atoms. The lowest BCUT2D eigenvalue weighted by atomic mass is 9.72. The van der Waals surface area contributed by atoms with Gasteiger partial charge >= 0.3 is 0 Å². The molecular formula is C22H23F2N5. The summed E-state index contributed by atoms with van der Waals surface area (Å²) in [5, 5.41) is 6.25. The van der Waals surface area contributed by atoms with Crippen LogP contribution < -0.4 is 10.6 Å². The van der Waals surface area contributed by atoms with Crippen molar-refractivity contribution in [3.05, 3.63) is 66.4 Å². The van der Waals surface area contributed by atoms with Crippen molar-refractivity contribution in [2.45, 2.75) is 24.9 Å². The van der Waals surface area contributed by atoms with Crippen LogP contribution in [0.3, 0.4) is 0 Å². The third kappa shape index (κ3) is 4.04. The number of rotatable bonds is 7. The largest absolute Gasteiger partial charge is 0.372 e. The Hall–Kier alpha value is -3.09. The summed E-state index contributed by atoms with van der Waals surface area (Å²) in [6.45, 7) is 0.312. The van der Waals surface area contributed by atoms with E-state index in [1.165, 1.54) is 6.07 Å². The fourth-order valence-corrected chi connectivity index (χ4v) is 3.75. The van der Waals surface area contributed by atoms with Gasteiger partial charge in [0.05, 0.1) is 5.69 Å². The first-order chi connectivity index (χ1) is 14.2. The molecule has 1 unspecified atom stereocenters. The average molecular weight is 395 g/mol. The Labute approximate surface area is 168 Å². The van der Waals surface area contributed by atoms with Crippen LogP contribution in [-0.2, 0) is 0 Å². The van der Waals surface area contributed by atoms with E-state index < -0.39 is 12.0 Å². The van der Waals surface area contributed by atoms with E-state index in [9.17, 15) is 8.78 Å². The molecule has 0 saturated heterocycles. The van der Waals surface area contributed by atoms with Crippen molar-refractivity contribution in [2.75, 3.05) is 24.2 Å². The van der Waals surface area contributed by atoms with E-state index >= 15 is 0 Å². The maximum absolute atomic E-state index is 14.3. The van der Waals surface area contributed by atoms with Crippen LogP contribution in [-0.4, -0.2) is 34.7 Å². The molecule has 1 aliphatic carbocycles. The number of anilines is 2. The maximum atomic E-state index is 14.3. The fraction of sp³-hybridized carbons (Fsp3) is 0.318. The van der Waals surface area contributed by atoms with Crippen LogP contribution in [0.1, 0.15) is 24.5 Å².